The maximum Gasteiger partial charge on any atom is 0.175 e. The van der Waals surface area contributed by atoms with E-state index < -0.39 is 9.84 Å². The third kappa shape index (κ3) is 3.91. The van der Waals surface area contributed by atoms with Gasteiger partial charge in [0.05, 0.1) is 4.90 Å². The molecule has 0 aliphatic carbocycles. The normalized spacial score (nSPS) is 13.3. The Bertz CT molecular complexity index is 648. The summed E-state index contributed by atoms with van der Waals surface area (Å²) in [5, 5.41) is 7.50. The molecule has 1 heterocycles. The van der Waals surface area contributed by atoms with Gasteiger partial charge in [-0.25, -0.2) is 8.42 Å². The Hall–Kier alpha value is -1.17. The van der Waals surface area contributed by atoms with Crippen molar-refractivity contribution in [3.05, 3.63) is 52.2 Å². The molecule has 0 aliphatic heterocycles. The van der Waals surface area contributed by atoms with Crippen molar-refractivity contribution in [1.82, 2.24) is 5.32 Å². The Morgan fingerprint density at radius 1 is 1.30 bits per heavy atom. The summed E-state index contributed by atoms with van der Waals surface area (Å²) >= 11 is 1.70. The average Bonchev–Trinajstić information content (AvgIpc) is 2.92. The van der Waals surface area contributed by atoms with E-state index in [1.165, 1.54) is 11.8 Å². The molecule has 1 aromatic carbocycles. The topological polar surface area (TPSA) is 46.2 Å². The fourth-order valence-electron chi connectivity index (χ4n) is 2.19. The Balaban J connectivity index is 2.15. The van der Waals surface area contributed by atoms with Crippen LogP contribution in [0.1, 0.15) is 23.6 Å². The van der Waals surface area contributed by atoms with E-state index in [2.05, 4.69) is 22.1 Å². The molecule has 0 bridgehead atoms. The van der Waals surface area contributed by atoms with E-state index in [4.69, 9.17) is 0 Å². The number of hydrogen-bond donors (Lipinski definition) is 1. The van der Waals surface area contributed by atoms with Gasteiger partial charge in [-0.3, -0.25) is 0 Å². The Labute approximate surface area is 124 Å². The predicted molar refractivity (Wildman–Crippen MR) is 84.0 cm³/mol. The lowest BCUT2D eigenvalue weighted by atomic mass is 10.0. The van der Waals surface area contributed by atoms with Crippen LogP contribution in [0.5, 0.6) is 0 Å². The van der Waals surface area contributed by atoms with E-state index in [0.717, 1.165) is 18.4 Å². The molecule has 0 spiro atoms. The molecule has 0 saturated carbocycles. The number of rotatable bonds is 6. The highest BCUT2D eigenvalue weighted by molar-refractivity contribution is 7.90. The van der Waals surface area contributed by atoms with Gasteiger partial charge in [-0.05, 0) is 60.0 Å². The molecule has 3 nitrogen and oxygen atoms in total. The smallest absolute Gasteiger partial charge is 0.175 e. The number of aryl methyl sites for hydroxylation is 1. The monoisotopic (exact) mass is 309 g/mol. The molecule has 1 atom stereocenters. The summed E-state index contributed by atoms with van der Waals surface area (Å²) in [6.45, 7) is 0. The van der Waals surface area contributed by atoms with E-state index in [0.29, 0.717) is 4.90 Å². The van der Waals surface area contributed by atoms with Crippen LogP contribution in [-0.2, 0) is 16.3 Å². The van der Waals surface area contributed by atoms with Crippen molar-refractivity contribution < 1.29 is 8.42 Å². The zero-order chi connectivity index (χ0) is 14.6. The van der Waals surface area contributed by atoms with E-state index in [1.807, 2.05) is 13.1 Å². The number of benzene rings is 1. The second-order valence-corrected chi connectivity index (χ2v) is 7.65. The molecule has 2 aromatic rings. The number of nitrogens with one attached hydrogen (secondary N) is 1. The molecule has 0 fully saturated rings. The molecule has 2 rings (SSSR count). The summed E-state index contributed by atoms with van der Waals surface area (Å²) in [5.74, 6) is 0. The number of sulfone groups is 1. The minimum atomic E-state index is -3.15. The van der Waals surface area contributed by atoms with E-state index in [-0.39, 0.29) is 6.04 Å². The van der Waals surface area contributed by atoms with Crippen LogP contribution in [0.3, 0.4) is 0 Å². The molecule has 0 amide bonds. The molecular formula is C15H19NO2S2. The second kappa shape index (κ2) is 6.52. The summed E-state index contributed by atoms with van der Waals surface area (Å²) in [4.78, 5) is 0.380. The first-order valence-corrected chi connectivity index (χ1v) is 9.32. The van der Waals surface area contributed by atoms with Gasteiger partial charge in [-0.15, -0.1) is 0 Å². The summed E-state index contributed by atoms with van der Waals surface area (Å²) in [7, 11) is -1.24. The van der Waals surface area contributed by atoms with Crippen LogP contribution < -0.4 is 5.32 Å². The van der Waals surface area contributed by atoms with Crippen molar-refractivity contribution in [2.75, 3.05) is 13.3 Å². The van der Waals surface area contributed by atoms with Gasteiger partial charge < -0.3 is 5.32 Å². The van der Waals surface area contributed by atoms with Crippen molar-refractivity contribution in [2.24, 2.45) is 0 Å². The van der Waals surface area contributed by atoms with Gasteiger partial charge in [0.2, 0.25) is 0 Å². The molecule has 108 valence electrons. The standard InChI is InChI=1S/C15H19NO2S2/c1-16-15(7-6-12-8-9-19-11-12)13-4-3-5-14(10-13)20(2,17)18/h3-5,8-11,15-16H,6-7H2,1-2H3. The molecule has 20 heavy (non-hydrogen) atoms. The molecule has 1 N–H and O–H groups in total. The fraction of sp³-hybridized carbons (Fsp3) is 0.333. The van der Waals surface area contributed by atoms with Crippen LogP contribution in [0.15, 0.2) is 46.0 Å². The van der Waals surface area contributed by atoms with E-state index in [1.54, 1.807) is 29.5 Å². The first-order chi connectivity index (χ1) is 9.50. The lowest BCUT2D eigenvalue weighted by Gasteiger charge is -2.17. The zero-order valence-corrected chi connectivity index (χ0v) is 13.3. The Morgan fingerprint density at radius 2 is 2.10 bits per heavy atom. The zero-order valence-electron chi connectivity index (χ0n) is 11.7. The molecule has 1 unspecified atom stereocenters. The van der Waals surface area contributed by atoms with Gasteiger partial charge >= 0.3 is 0 Å². The van der Waals surface area contributed by atoms with Crippen molar-refractivity contribution >= 4 is 21.2 Å². The van der Waals surface area contributed by atoms with Crippen LogP contribution >= 0.6 is 11.3 Å². The maximum atomic E-state index is 11.6. The molecule has 5 heteroatoms. The molecule has 0 radical (unpaired) electrons. The number of hydrogen-bond acceptors (Lipinski definition) is 4. The van der Waals surface area contributed by atoms with Gasteiger partial charge in [0.15, 0.2) is 9.84 Å². The third-order valence-corrected chi connectivity index (χ3v) is 5.18. The largest absolute Gasteiger partial charge is 0.313 e. The highest BCUT2D eigenvalue weighted by atomic mass is 32.2. The minimum Gasteiger partial charge on any atom is -0.313 e. The van der Waals surface area contributed by atoms with Crippen LogP contribution in [-0.4, -0.2) is 21.7 Å². The molecule has 0 saturated heterocycles. The number of thiophene rings is 1. The van der Waals surface area contributed by atoms with Crippen LogP contribution in [0, 0.1) is 0 Å². The molecule has 0 aliphatic rings. The van der Waals surface area contributed by atoms with E-state index >= 15 is 0 Å². The maximum absolute atomic E-state index is 11.6. The third-order valence-electron chi connectivity index (χ3n) is 3.34. The van der Waals surface area contributed by atoms with Crippen molar-refractivity contribution in [3.63, 3.8) is 0 Å². The van der Waals surface area contributed by atoms with Gasteiger partial charge in [0.1, 0.15) is 0 Å². The van der Waals surface area contributed by atoms with E-state index in [9.17, 15) is 8.42 Å². The van der Waals surface area contributed by atoms with Gasteiger partial charge in [-0.2, -0.15) is 11.3 Å². The SMILES string of the molecule is CNC(CCc1ccsc1)c1cccc(S(C)(=O)=O)c1. The first kappa shape index (κ1) is 15.2. The van der Waals surface area contributed by atoms with Gasteiger partial charge in [-0.1, -0.05) is 12.1 Å². The Morgan fingerprint density at radius 3 is 2.70 bits per heavy atom. The van der Waals surface area contributed by atoms with Crippen molar-refractivity contribution in [2.45, 2.75) is 23.8 Å². The highest BCUT2D eigenvalue weighted by Gasteiger charge is 2.13. The van der Waals surface area contributed by atoms with Crippen LogP contribution in [0.2, 0.25) is 0 Å². The highest BCUT2D eigenvalue weighted by Crippen LogP contribution is 2.22. The van der Waals surface area contributed by atoms with Crippen LogP contribution in [0.25, 0.3) is 0 Å². The van der Waals surface area contributed by atoms with Crippen LogP contribution in [0.4, 0.5) is 0 Å². The van der Waals surface area contributed by atoms with Crippen molar-refractivity contribution in [1.29, 1.82) is 0 Å². The second-order valence-electron chi connectivity index (χ2n) is 4.86. The van der Waals surface area contributed by atoms with Gasteiger partial charge in [0.25, 0.3) is 0 Å². The average molecular weight is 309 g/mol. The predicted octanol–water partition coefficient (Wildman–Crippen LogP) is 3.04. The lowest BCUT2D eigenvalue weighted by Crippen LogP contribution is -2.17. The lowest BCUT2D eigenvalue weighted by molar-refractivity contribution is 0.548. The summed E-state index contributed by atoms with van der Waals surface area (Å²) in [5.41, 5.74) is 2.35. The molecule has 1 aromatic heterocycles. The fourth-order valence-corrected chi connectivity index (χ4v) is 3.56. The van der Waals surface area contributed by atoms with Crippen molar-refractivity contribution in [3.8, 4) is 0 Å². The minimum absolute atomic E-state index is 0.164. The Kier molecular flexibility index (Phi) is 4.96. The summed E-state index contributed by atoms with van der Waals surface area (Å²) in [6.07, 6.45) is 3.17. The summed E-state index contributed by atoms with van der Waals surface area (Å²) in [6, 6.07) is 9.49. The quantitative estimate of drug-likeness (QED) is 0.892. The molecular weight excluding hydrogens is 290 g/mol. The first-order valence-electron chi connectivity index (χ1n) is 6.49. The van der Waals surface area contributed by atoms with Gasteiger partial charge in [0, 0.05) is 12.3 Å². The summed E-state index contributed by atoms with van der Waals surface area (Å²) < 4.78 is 23.2.